The second-order valence-corrected chi connectivity index (χ2v) is 4.74. The number of H-pyrrole nitrogens is 2. The second kappa shape index (κ2) is 5.46. The molecule has 5 nitrogen and oxygen atoms in total. The number of aromatic nitrogens is 2. The Morgan fingerprint density at radius 3 is 2.10 bits per heavy atom. The van der Waals surface area contributed by atoms with Crippen LogP contribution in [0.25, 0.3) is 0 Å². The van der Waals surface area contributed by atoms with E-state index >= 15 is 0 Å². The molecule has 1 atom stereocenters. The number of nitrogens with one attached hydrogen (secondary N) is 2. The maximum Gasteiger partial charge on any atom is 0.268 e. The Bertz CT molecular complexity index is 726. The number of aromatic amines is 2. The van der Waals surface area contributed by atoms with Crippen LogP contribution < -0.4 is 5.56 Å². The van der Waals surface area contributed by atoms with Crippen molar-refractivity contribution >= 4 is 0 Å². The lowest BCUT2D eigenvalue weighted by Gasteiger charge is -2.17. The third-order valence-corrected chi connectivity index (χ3v) is 3.37. The van der Waals surface area contributed by atoms with E-state index in [1.54, 1.807) is 6.92 Å². The minimum absolute atomic E-state index is 0.288. The number of rotatable bonds is 3. The average molecular weight is 266 g/mol. The summed E-state index contributed by atoms with van der Waals surface area (Å²) < 4.78 is 0. The Balaban J connectivity index is 2.63. The van der Waals surface area contributed by atoms with Gasteiger partial charge in [0, 0.05) is 17.2 Å². The summed E-state index contributed by atoms with van der Waals surface area (Å²) in [6.07, 6.45) is 0. The zero-order valence-electron chi connectivity index (χ0n) is 11.3. The van der Waals surface area contributed by atoms with Gasteiger partial charge in [-0.25, -0.2) is 0 Å². The maximum absolute atomic E-state index is 12.0. The maximum atomic E-state index is 12.0. The van der Waals surface area contributed by atoms with Crippen LogP contribution >= 0.6 is 0 Å². The molecule has 0 amide bonds. The van der Waals surface area contributed by atoms with Crippen LogP contribution in [0, 0.1) is 42.4 Å². The van der Waals surface area contributed by atoms with E-state index < -0.39 is 11.8 Å². The van der Waals surface area contributed by atoms with Gasteiger partial charge in [-0.15, -0.1) is 0 Å². The van der Waals surface area contributed by atoms with Crippen LogP contribution in [-0.2, 0) is 0 Å². The number of aryl methyl sites for hydroxylation is 2. The summed E-state index contributed by atoms with van der Waals surface area (Å²) in [7, 11) is 0. The van der Waals surface area contributed by atoms with E-state index in [-0.39, 0.29) is 5.56 Å². The third kappa shape index (κ3) is 2.34. The van der Waals surface area contributed by atoms with Crippen molar-refractivity contribution in [1.82, 2.24) is 10.2 Å². The molecule has 100 valence electrons. The summed E-state index contributed by atoms with van der Waals surface area (Å²) in [5, 5.41) is 23.6. The standard InChI is InChI=1S/C15H14N4O/c1-9-3-5-11(6-4-9)14(12(7-16)8-17)13-10(2)18-19-15(13)20/h3-6,12,14H,1-2H3,(H2,18,19,20)/t14-/m0/s1. The average Bonchev–Trinajstić information content (AvgIpc) is 2.77. The van der Waals surface area contributed by atoms with Gasteiger partial charge in [-0.1, -0.05) is 29.8 Å². The highest BCUT2D eigenvalue weighted by atomic mass is 16.1. The quantitative estimate of drug-likeness (QED) is 0.890. The first-order chi connectivity index (χ1) is 9.58. The zero-order chi connectivity index (χ0) is 14.7. The second-order valence-electron chi connectivity index (χ2n) is 4.74. The molecule has 0 fully saturated rings. The van der Waals surface area contributed by atoms with Gasteiger partial charge in [0.2, 0.25) is 0 Å². The van der Waals surface area contributed by atoms with E-state index in [0.29, 0.717) is 11.3 Å². The molecular weight excluding hydrogens is 252 g/mol. The Labute approximate surface area is 116 Å². The van der Waals surface area contributed by atoms with E-state index in [1.165, 1.54) is 0 Å². The molecule has 2 rings (SSSR count). The predicted molar refractivity (Wildman–Crippen MR) is 73.9 cm³/mol. The van der Waals surface area contributed by atoms with Gasteiger partial charge in [-0.05, 0) is 19.4 Å². The van der Waals surface area contributed by atoms with Crippen molar-refractivity contribution in [3.05, 3.63) is 57.0 Å². The molecule has 0 bridgehead atoms. The van der Waals surface area contributed by atoms with Crippen molar-refractivity contribution < 1.29 is 0 Å². The highest BCUT2D eigenvalue weighted by Gasteiger charge is 2.29. The number of nitrogens with zero attached hydrogens (tertiary/aromatic N) is 2. The molecule has 5 heteroatoms. The molecule has 0 saturated carbocycles. The molecule has 0 aliphatic carbocycles. The number of benzene rings is 1. The van der Waals surface area contributed by atoms with Gasteiger partial charge < -0.3 is 5.10 Å². The molecule has 20 heavy (non-hydrogen) atoms. The molecule has 1 heterocycles. The van der Waals surface area contributed by atoms with Crippen molar-refractivity contribution in [3.63, 3.8) is 0 Å². The molecule has 0 saturated heterocycles. The van der Waals surface area contributed by atoms with E-state index in [4.69, 9.17) is 0 Å². The number of hydrogen-bond acceptors (Lipinski definition) is 3. The Morgan fingerprint density at radius 2 is 1.65 bits per heavy atom. The Kier molecular flexibility index (Phi) is 3.72. The van der Waals surface area contributed by atoms with Crippen molar-refractivity contribution in [2.75, 3.05) is 0 Å². The molecule has 2 N–H and O–H groups in total. The third-order valence-electron chi connectivity index (χ3n) is 3.37. The van der Waals surface area contributed by atoms with Crippen molar-refractivity contribution in [3.8, 4) is 12.1 Å². The molecule has 1 aromatic carbocycles. The Morgan fingerprint density at radius 1 is 1.05 bits per heavy atom. The van der Waals surface area contributed by atoms with Crippen LogP contribution in [0.3, 0.4) is 0 Å². The molecule has 1 aromatic heterocycles. The first-order valence-electron chi connectivity index (χ1n) is 6.21. The smallest absolute Gasteiger partial charge is 0.268 e. The molecule has 0 radical (unpaired) electrons. The fraction of sp³-hybridized carbons (Fsp3) is 0.267. The van der Waals surface area contributed by atoms with Gasteiger partial charge in [0.1, 0.15) is 5.92 Å². The molecule has 0 unspecified atom stereocenters. The minimum atomic E-state index is -0.909. The molecular formula is C15H14N4O. The van der Waals surface area contributed by atoms with E-state index in [1.807, 2.05) is 43.3 Å². The van der Waals surface area contributed by atoms with Gasteiger partial charge >= 0.3 is 0 Å². The van der Waals surface area contributed by atoms with Crippen LogP contribution in [0.1, 0.15) is 28.3 Å². The topological polar surface area (TPSA) is 96.2 Å². The summed E-state index contributed by atoms with van der Waals surface area (Å²) in [4.78, 5) is 12.0. The van der Waals surface area contributed by atoms with Crippen molar-refractivity contribution in [1.29, 1.82) is 10.5 Å². The Hall–Kier alpha value is -2.79. The van der Waals surface area contributed by atoms with Gasteiger partial charge in [0.15, 0.2) is 0 Å². The monoisotopic (exact) mass is 266 g/mol. The van der Waals surface area contributed by atoms with Gasteiger partial charge in [0.25, 0.3) is 5.56 Å². The summed E-state index contributed by atoms with van der Waals surface area (Å²) in [6, 6.07) is 11.5. The van der Waals surface area contributed by atoms with Gasteiger partial charge in [0.05, 0.1) is 12.1 Å². The summed E-state index contributed by atoms with van der Waals surface area (Å²) in [6.45, 7) is 3.71. The van der Waals surface area contributed by atoms with Crippen molar-refractivity contribution in [2.24, 2.45) is 5.92 Å². The van der Waals surface area contributed by atoms with Crippen LogP contribution in [0.2, 0.25) is 0 Å². The van der Waals surface area contributed by atoms with E-state index in [2.05, 4.69) is 10.2 Å². The minimum Gasteiger partial charge on any atom is -0.302 e. The molecule has 0 spiro atoms. The fourth-order valence-corrected chi connectivity index (χ4v) is 2.31. The van der Waals surface area contributed by atoms with Crippen LogP contribution in [-0.4, -0.2) is 10.2 Å². The van der Waals surface area contributed by atoms with Gasteiger partial charge in [-0.3, -0.25) is 9.89 Å². The molecule has 0 aliphatic heterocycles. The lowest BCUT2D eigenvalue weighted by Crippen LogP contribution is -2.19. The zero-order valence-corrected chi connectivity index (χ0v) is 11.3. The number of hydrogen-bond donors (Lipinski definition) is 2. The van der Waals surface area contributed by atoms with E-state index in [9.17, 15) is 15.3 Å². The largest absolute Gasteiger partial charge is 0.302 e. The summed E-state index contributed by atoms with van der Waals surface area (Å²) >= 11 is 0. The van der Waals surface area contributed by atoms with Crippen LogP contribution in [0.15, 0.2) is 29.1 Å². The predicted octanol–water partition coefficient (Wildman–Crippen LogP) is 2.12. The summed E-state index contributed by atoms with van der Waals surface area (Å²) in [5.41, 5.74) is 2.68. The lowest BCUT2D eigenvalue weighted by atomic mass is 9.82. The van der Waals surface area contributed by atoms with Gasteiger partial charge in [-0.2, -0.15) is 10.5 Å². The normalized spacial score (nSPS) is 11.8. The molecule has 2 aromatic rings. The first-order valence-corrected chi connectivity index (χ1v) is 6.21. The number of nitriles is 2. The van der Waals surface area contributed by atoms with Crippen LogP contribution in [0.4, 0.5) is 0 Å². The lowest BCUT2D eigenvalue weighted by molar-refractivity contribution is 0.700. The van der Waals surface area contributed by atoms with E-state index in [0.717, 1.165) is 11.1 Å². The van der Waals surface area contributed by atoms with Crippen LogP contribution in [0.5, 0.6) is 0 Å². The SMILES string of the molecule is Cc1ccc([C@H](c2c(C)[nH][nH]c2=O)C(C#N)C#N)cc1. The first kappa shape index (κ1) is 13.6. The fourth-order valence-electron chi connectivity index (χ4n) is 2.31. The highest BCUT2D eigenvalue weighted by Crippen LogP contribution is 2.31. The summed E-state index contributed by atoms with van der Waals surface area (Å²) in [5.74, 6) is -1.46. The van der Waals surface area contributed by atoms with Crippen molar-refractivity contribution in [2.45, 2.75) is 19.8 Å². The highest BCUT2D eigenvalue weighted by molar-refractivity contribution is 5.38. The molecule has 0 aliphatic rings.